The minimum atomic E-state index is -0.208. The molecule has 0 aliphatic carbocycles. The van der Waals surface area contributed by atoms with Crippen LogP contribution in [0.2, 0.25) is 0 Å². The summed E-state index contributed by atoms with van der Waals surface area (Å²) in [6.45, 7) is 7.01. The minimum absolute atomic E-state index is 0.0693. The number of nitrogens with zero attached hydrogens (tertiary/aromatic N) is 2. The summed E-state index contributed by atoms with van der Waals surface area (Å²) in [7, 11) is 3.39. The van der Waals surface area contributed by atoms with Gasteiger partial charge in [0.05, 0.1) is 0 Å². The van der Waals surface area contributed by atoms with E-state index in [4.69, 9.17) is 0 Å². The van der Waals surface area contributed by atoms with E-state index in [9.17, 15) is 9.18 Å². The number of rotatable bonds is 8. The van der Waals surface area contributed by atoms with Crippen molar-refractivity contribution in [3.63, 3.8) is 0 Å². The Balaban J connectivity index is 2.51. The van der Waals surface area contributed by atoms with Crippen LogP contribution in [0.3, 0.4) is 0 Å². The zero-order valence-corrected chi connectivity index (χ0v) is 16.6. The number of aryl methyl sites for hydroxylation is 1. The van der Waals surface area contributed by atoms with Crippen LogP contribution in [0.1, 0.15) is 18.9 Å². The molecule has 0 atom stereocenters. The molecule has 0 aliphatic rings. The third kappa shape index (κ3) is 8.67. The molecule has 0 saturated heterocycles. The summed E-state index contributed by atoms with van der Waals surface area (Å²) in [6, 6.07) is 5.08. The Morgan fingerprint density at radius 3 is 2.68 bits per heavy atom. The highest BCUT2D eigenvalue weighted by atomic mass is 79.9. The van der Waals surface area contributed by atoms with E-state index in [1.54, 1.807) is 20.2 Å². The summed E-state index contributed by atoms with van der Waals surface area (Å²) in [5.41, 5.74) is 1.64. The molecule has 0 unspecified atom stereocenters. The number of likely N-dealkylation sites (N-methyl/N-ethyl adjacent to an activating group) is 1. The normalized spacial score (nSPS) is 11.2. The quantitative estimate of drug-likeness (QED) is 0.298. The first-order valence-corrected chi connectivity index (χ1v) is 8.89. The largest absolute Gasteiger partial charge is 0.356 e. The second-order valence-electron chi connectivity index (χ2n) is 6.03. The Morgan fingerprint density at radius 1 is 1.36 bits per heavy atom. The molecule has 5 nitrogen and oxygen atoms in total. The fourth-order valence-electron chi connectivity index (χ4n) is 1.91. The third-order valence-corrected chi connectivity index (χ3v) is 3.85. The maximum absolute atomic E-state index is 13.8. The monoisotopic (exact) mass is 412 g/mol. The average Bonchev–Trinajstić information content (AvgIpc) is 2.54. The van der Waals surface area contributed by atoms with Gasteiger partial charge >= 0.3 is 0 Å². The van der Waals surface area contributed by atoms with Crippen LogP contribution in [0.15, 0.2) is 39.8 Å². The fraction of sp³-hybridized carbons (Fsp3) is 0.444. The van der Waals surface area contributed by atoms with Crippen molar-refractivity contribution in [3.8, 4) is 0 Å². The lowest BCUT2D eigenvalue weighted by molar-refractivity contribution is -0.127. The highest BCUT2D eigenvalue weighted by Gasteiger charge is 2.06. The van der Waals surface area contributed by atoms with Gasteiger partial charge in [0.15, 0.2) is 5.96 Å². The molecule has 0 radical (unpaired) electrons. The fourth-order valence-corrected chi connectivity index (χ4v) is 2.24. The first kappa shape index (κ1) is 21.2. The van der Waals surface area contributed by atoms with Crippen LogP contribution in [0.4, 0.5) is 4.39 Å². The number of nitrogens with one attached hydrogen (secondary N) is 2. The van der Waals surface area contributed by atoms with Crippen LogP contribution < -0.4 is 10.6 Å². The van der Waals surface area contributed by atoms with Gasteiger partial charge in [-0.1, -0.05) is 34.1 Å². The lowest BCUT2D eigenvalue weighted by Crippen LogP contribution is -2.39. The molecular formula is C18H26BrFN4O. The van der Waals surface area contributed by atoms with Crippen molar-refractivity contribution in [1.82, 2.24) is 15.5 Å². The van der Waals surface area contributed by atoms with Gasteiger partial charge in [-0.15, -0.1) is 0 Å². The summed E-state index contributed by atoms with van der Waals surface area (Å²) in [6.07, 6.45) is 1.37. The van der Waals surface area contributed by atoms with Gasteiger partial charge in [0.2, 0.25) is 5.91 Å². The van der Waals surface area contributed by atoms with E-state index in [2.05, 4.69) is 38.1 Å². The van der Waals surface area contributed by atoms with Crippen molar-refractivity contribution >= 4 is 27.8 Å². The summed E-state index contributed by atoms with van der Waals surface area (Å²) in [5, 5.41) is 6.29. The molecule has 138 valence electrons. The molecule has 0 fully saturated rings. The number of carbonyl (C=O) groups excluding carboxylic acids is 1. The predicted molar refractivity (Wildman–Crippen MR) is 104 cm³/mol. The molecule has 1 amide bonds. The van der Waals surface area contributed by atoms with Gasteiger partial charge in [0.25, 0.3) is 0 Å². The maximum atomic E-state index is 13.8. The van der Waals surface area contributed by atoms with E-state index in [0.29, 0.717) is 31.0 Å². The SMILES string of the molecule is C=C(C)CNC(=NCC(=O)N(C)C)NCCCc1ccc(Br)cc1F. The van der Waals surface area contributed by atoms with Crippen molar-refractivity contribution in [3.05, 3.63) is 46.2 Å². The van der Waals surface area contributed by atoms with E-state index in [0.717, 1.165) is 16.5 Å². The number of aliphatic imine (C=N–C) groups is 1. The summed E-state index contributed by atoms with van der Waals surface area (Å²) >= 11 is 3.25. The van der Waals surface area contributed by atoms with E-state index < -0.39 is 0 Å². The maximum Gasteiger partial charge on any atom is 0.243 e. The number of amides is 1. The molecule has 25 heavy (non-hydrogen) atoms. The first-order valence-electron chi connectivity index (χ1n) is 8.10. The number of hydrogen-bond acceptors (Lipinski definition) is 2. The van der Waals surface area contributed by atoms with Crippen molar-refractivity contribution in [1.29, 1.82) is 0 Å². The highest BCUT2D eigenvalue weighted by molar-refractivity contribution is 9.10. The number of guanidine groups is 1. The number of halogens is 2. The van der Waals surface area contributed by atoms with Gasteiger partial charge < -0.3 is 15.5 Å². The molecule has 1 rings (SSSR count). The third-order valence-electron chi connectivity index (χ3n) is 3.36. The molecule has 7 heteroatoms. The minimum Gasteiger partial charge on any atom is -0.356 e. The van der Waals surface area contributed by atoms with E-state index in [1.165, 1.54) is 11.0 Å². The molecule has 0 spiro atoms. The Bertz CT molecular complexity index is 632. The Hall–Kier alpha value is -1.89. The molecule has 1 aromatic carbocycles. The summed E-state index contributed by atoms with van der Waals surface area (Å²) < 4.78 is 14.5. The standard InChI is InChI=1S/C18H26BrFN4O/c1-13(2)11-22-18(23-12-17(25)24(3)4)21-9-5-6-14-7-8-15(19)10-16(14)20/h7-8,10H,1,5-6,9,11-12H2,2-4H3,(H2,21,22,23). The van der Waals surface area contributed by atoms with Crippen molar-refractivity contribution in [2.24, 2.45) is 4.99 Å². The van der Waals surface area contributed by atoms with Gasteiger partial charge in [-0.3, -0.25) is 4.79 Å². The number of hydrogen-bond donors (Lipinski definition) is 2. The smallest absolute Gasteiger partial charge is 0.243 e. The summed E-state index contributed by atoms with van der Waals surface area (Å²) in [4.78, 5) is 17.4. The van der Waals surface area contributed by atoms with Crippen LogP contribution in [0, 0.1) is 5.82 Å². The lowest BCUT2D eigenvalue weighted by atomic mass is 10.1. The molecule has 2 N–H and O–H groups in total. The number of benzene rings is 1. The van der Waals surface area contributed by atoms with E-state index in [-0.39, 0.29) is 18.3 Å². The molecular weight excluding hydrogens is 387 g/mol. The van der Waals surface area contributed by atoms with Crippen LogP contribution >= 0.6 is 15.9 Å². The van der Waals surface area contributed by atoms with Gasteiger partial charge in [-0.25, -0.2) is 9.38 Å². The predicted octanol–water partition coefficient (Wildman–Crippen LogP) is 2.72. The topological polar surface area (TPSA) is 56.7 Å². The van der Waals surface area contributed by atoms with Crippen molar-refractivity contribution in [2.45, 2.75) is 19.8 Å². The second kappa shape index (κ2) is 10.9. The zero-order chi connectivity index (χ0) is 18.8. The van der Waals surface area contributed by atoms with Crippen molar-refractivity contribution in [2.75, 3.05) is 33.7 Å². The Morgan fingerprint density at radius 2 is 2.08 bits per heavy atom. The van der Waals surface area contributed by atoms with Gasteiger partial charge in [-0.05, 0) is 37.5 Å². The second-order valence-corrected chi connectivity index (χ2v) is 6.95. The highest BCUT2D eigenvalue weighted by Crippen LogP contribution is 2.16. The molecule has 0 saturated carbocycles. The molecule has 1 aromatic rings. The Kier molecular flexibility index (Phi) is 9.20. The first-order chi connectivity index (χ1) is 11.8. The van der Waals surface area contributed by atoms with Gasteiger partial charge in [0, 0.05) is 31.7 Å². The average molecular weight is 413 g/mol. The zero-order valence-electron chi connectivity index (χ0n) is 15.0. The molecule has 0 aromatic heterocycles. The molecule has 0 bridgehead atoms. The number of carbonyl (C=O) groups is 1. The molecule has 0 aliphatic heterocycles. The van der Waals surface area contributed by atoms with E-state index >= 15 is 0 Å². The van der Waals surface area contributed by atoms with Gasteiger partial charge in [0.1, 0.15) is 12.4 Å². The Labute approximate surface area is 157 Å². The van der Waals surface area contributed by atoms with E-state index in [1.807, 2.05) is 13.0 Å². The van der Waals surface area contributed by atoms with Crippen LogP contribution in [0.25, 0.3) is 0 Å². The van der Waals surface area contributed by atoms with Crippen LogP contribution in [-0.4, -0.2) is 50.5 Å². The molecule has 0 heterocycles. The lowest BCUT2D eigenvalue weighted by Gasteiger charge is -2.14. The van der Waals surface area contributed by atoms with Crippen LogP contribution in [0.5, 0.6) is 0 Å². The van der Waals surface area contributed by atoms with Gasteiger partial charge in [-0.2, -0.15) is 0 Å². The summed E-state index contributed by atoms with van der Waals surface area (Å²) in [5.74, 6) is 0.267. The van der Waals surface area contributed by atoms with Crippen LogP contribution in [-0.2, 0) is 11.2 Å². The van der Waals surface area contributed by atoms with Crippen molar-refractivity contribution < 1.29 is 9.18 Å².